The van der Waals surface area contributed by atoms with Gasteiger partial charge in [0.2, 0.25) is 5.91 Å². The second-order valence-electron chi connectivity index (χ2n) is 6.02. The fourth-order valence-corrected chi connectivity index (χ4v) is 2.04. The summed E-state index contributed by atoms with van der Waals surface area (Å²) in [5.74, 6) is -0.151. The van der Waals surface area contributed by atoms with Crippen molar-refractivity contribution in [3.63, 3.8) is 0 Å². The molecular weight excluding hydrogens is 198 g/mol. The van der Waals surface area contributed by atoms with Crippen molar-refractivity contribution in [3.8, 4) is 0 Å². The van der Waals surface area contributed by atoms with Crippen LogP contribution in [0.1, 0.15) is 67.2 Å². The van der Waals surface area contributed by atoms with Gasteiger partial charge in [0.1, 0.15) is 0 Å². The third kappa shape index (κ3) is 3.80. The Bertz CT molecular complexity index is 229. The van der Waals surface area contributed by atoms with E-state index in [0.29, 0.717) is 0 Å². The number of primary amides is 1. The van der Waals surface area contributed by atoms with E-state index >= 15 is 0 Å². The summed E-state index contributed by atoms with van der Waals surface area (Å²) in [5.41, 5.74) is 5.83. The van der Waals surface area contributed by atoms with E-state index in [9.17, 15) is 4.79 Å². The molecule has 2 N–H and O–H groups in total. The minimum atomic E-state index is -0.139. The van der Waals surface area contributed by atoms with E-state index in [1.807, 2.05) is 0 Å². The predicted molar refractivity (Wildman–Crippen MR) is 70.1 cm³/mol. The highest BCUT2D eigenvalue weighted by Gasteiger charge is 2.37. The Hall–Kier alpha value is -0.530. The van der Waals surface area contributed by atoms with Crippen LogP contribution in [-0.4, -0.2) is 5.91 Å². The quantitative estimate of drug-likeness (QED) is 0.707. The average Bonchev–Trinajstić information content (AvgIpc) is 2.25. The fourth-order valence-electron chi connectivity index (χ4n) is 2.04. The maximum atomic E-state index is 11.6. The van der Waals surface area contributed by atoms with Crippen molar-refractivity contribution in [2.24, 2.45) is 22.5 Å². The van der Waals surface area contributed by atoms with E-state index in [-0.39, 0.29) is 22.7 Å². The Kier molecular flexibility index (Phi) is 5.51. The van der Waals surface area contributed by atoms with Gasteiger partial charge in [-0.3, -0.25) is 4.79 Å². The molecule has 0 fully saturated rings. The van der Waals surface area contributed by atoms with Gasteiger partial charge in [0, 0.05) is 5.92 Å². The molecule has 1 atom stereocenters. The summed E-state index contributed by atoms with van der Waals surface area (Å²) in [6.45, 7) is 13.1. The van der Waals surface area contributed by atoms with Crippen molar-refractivity contribution in [2.75, 3.05) is 0 Å². The molecule has 1 unspecified atom stereocenters. The normalized spacial score (nSPS) is 14.9. The van der Waals surface area contributed by atoms with Gasteiger partial charge in [-0.2, -0.15) is 0 Å². The summed E-state index contributed by atoms with van der Waals surface area (Å²) in [4.78, 5) is 11.6. The molecule has 0 aromatic carbocycles. The molecule has 0 rings (SSSR count). The lowest BCUT2D eigenvalue weighted by Gasteiger charge is -2.38. The highest BCUT2D eigenvalue weighted by atomic mass is 16.1. The van der Waals surface area contributed by atoms with Crippen LogP contribution in [0.15, 0.2) is 0 Å². The summed E-state index contributed by atoms with van der Waals surface area (Å²) >= 11 is 0. The highest BCUT2D eigenvalue weighted by Crippen LogP contribution is 2.41. The average molecular weight is 227 g/mol. The van der Waals surface area contributed by atoms with Gasteiger partial charge in [0.15, 0.2) is 0 Å². The molecule has 0 saturated heterocycles. The molecule has 1 amide bonds. The van der Waals surface area contributed by atoms with Crippen LogP contribution >= 0.6 is 0 Å². The maximum absolute atomic E-state index is 11.6. The van der Waals surface area contributed by atoms with Crippen LogP contribution in [0.3, 0.4) is 0 Å². The number of rotatable bonds is 7. The second kappa shape index (κ2) is 5.70. The Morgan fingerprint density at radius 2 is 1.50 bits per heavy atom. The smallest absolute Gasteiger partial charge is 0.221 e. The number of carbonyl (C=O) groups excluding carboxylic acids is 1. The number of nitrogens with two attached hydrogens (primary N) is 1. The first kappa shape index (κ1) is 15.5. The molecule has 96 valence electrons. The number of carbonyl (C=O) groups is 1. The van der Waals surface area contributed by atoms with Crippen LogP contribution in [-0.2, 0) is 4.79 Å². The van der Waals surface area contributed by atoms with Crippen molar-refractivity contribution < 1.29 is 4.79 Å². The molecule has 0 aliphatic heterocycles. The van der Waals surface area contributed by atoms with Gasteiger partial charge < -0.3 is 5.73 Å². The zero-order valence-electron chi connectivity index (χ0n) is 11.9. The standard InChI is InChI=1S/C14H29NO/c1-7-13(4,5)11(12(15)16)10-14(6,8-2)9-3/h11H,7-10H2,1-6H3,(H2,15,16). The second-order valence-corrected chi connectivity index (χ2v) is 6.02. The molecule has 0 saturated carbocycles. The lowest BCUT2D eigenvalue weighted by molar-refractivity contribution is -0.127. The van der Waals surface area contributed by atoms with Crippen molar-refractivity contribution >= 4 is 5.91 Å². The first-order chi connectivity index (χ1) is 7.22. The molecule has 0 bridgehead atoms. The van der Waals surface area contributed by atoms with Crippen molar-refractivity contribution in [1.29, 1.82) is 0 Å². The molecule has 0 aromatic heterocycles. The predicted octanol–water partition coefficient (Wildman–Crippen LogP) is 3.74. The molecule has 0 aromatic rings. The van der Waals surface area contributed by atoms with E-state index in [1.54, 1.807) is 0 Å². The molecule has 16 heavy (non-hydrogen) atoms. The molecular formula is C14H29NO. The molecule has 0 aliphatic carbocycles. The Balaban J connectivity index is 4.90. The lowest BCUT2D eigenvalue weighted by atomic mass is 9.67. The van der Waals surface area contributed by atoms with Crippen molar-refractivity contribution in [1.82, 2.24) is 0 Å². The minimum Gasteiger partial charge on any atom is -0.369 e. The van der Waals surface area contributed by atoms with E-state index in [1.165, 1.54) is 0 Å². The van der Waals surface area contributed by atoms with Gasteiger partial charge in [0.05, 0.1) is 0 Å². The summed E-state index contributed by atoms with van der Waals surface area (Å²) in [6, 6.07) is 0. The van der Waals surface area contributed by atoms with Gasteiger partial charge in [-0.05, 0) is 17.3 Å². The van der Waals surface area contributed by atoms with Crippen LogP contribution < -0.4 is 5.73 Å². The van der Waals surface area contributed by atoms with E-state index < -0.39 is 0 Å². The van der Waals surface area contributed by atoms with Crippen LogP contribution in [0.2, 0.25) is 0 Å². The summed E-state index contributed by atoms with van der Waals surface area (Å²) in [5, 5.41) is 0. The van der Waals surface area contributed by atoms with Crippen LogP contribution in [0.5, 0.6) is 0 Å². The van der Waals surface area contributed by atoms with Crippen LogP contribution in [0.4, 0.5) is 0 Å². The van der Waals surface area contributed by atoms with Gasteiger partial charge in [-0.15, -0.1) is 0 Å². The Morgan fingerprint density at radius 3 is 1.75 bits per heavy atom. The van der Waals surface area contributed by atoms with Crippen LogP contribution in [0, 0.1) is 16.7 Å². The molecule has 0 aliphatic rings. The third-order valence-corrected chi connectivity index (χ3v) is 4.60. The third-order valence-electron chi connectivity index (χ3n) is 4.60. The topological polar surface area (TPSA) is 43.1 Å². The lowest BCUT2D eigenvalue weighted by Crippen LogP contribution is -2.38. The summed E-state index contributed by atoms with van der Waals surface area (Å²) in [7, 11) is 0. The summed E-state index contributed by atoms with van der Waals surface area (Å²) < 4.78 is 0. The zero-order valence-corrected chi connectivity index (χ0v) is 11.9. The SMILES string of the molecule is CCC(C)(CC)CC(C(N)=O)C(C)(C)CC. The molecule has 2 nitrogen and oxygen atoms in total. The Morgan fingerprint density at radius 1 is 1.06 bits per heavy atom. The van der Waals surface area contributed by atoms with Crippen LogP contribution in [0.25, 0.3) is 0 Å². The molecule has 0 radical (unpaired) electrons. The zero-order chi connectivity index (χ0) is 13.0. The molecule has 2 heteroatoms. The maximum Gasteiger partial charge on any atom is 0.221 e. The van der Waals surface area contributed by atoms with E-state index in [0.717, 1.165) is 25.7 Å². The first-order valence-corrected chi connectivity index (χ1v) is 6.51. The number of amides is 1. The number of hydrogen-bond donors (Lipinski definition) is 1. The fraction of sp³-hybridized carbons (Fsp3) is 0.929. The van der Waals surface area contributed by atoms with Gasteiger partial charge in [-0.1, -0.05) is 60.8 Å². The van der Waals surface area contributed by atoms with Crippen molar-refractivity contribution in [2.45, 2.75) is 67.2 Å². The van der Waals surface area contributed by atoms with E-state index in [2.05, 4.69) is 41.5 Å². The summed E-state index contributed by atoms with van der Waals surface area (Å²) in [6.07, 6.45) is 4.11. The van der Waals surface area contributed by atoms with Gasteiger partial charge >= 0.3 is 0 Å². The van der Waals surface area contributed by atoms with Gasteiger partial charge in [0.25, 0.3) is 0 Å². The Labute approximate surface area is 101 Å². The number of hydrogen-bond acceptors (Lipinski definition) is 1. The highest BCUT2D eigenvalue weighted by molar-refractivity contribution is 5.77. The largest absolute Gasteiger partial charge is 0.369 e. The van der Waals surface area contributed by atoms with E-state index in [4.69, 9.17) is 5.73 Å². The van der Waals surface area contributed by atoms with Gasteiger partial charge in [-0.25, -0.2) is 0 Å². The van der Waals surface area contributed by atoms with Crippen molar-refractivity contribution in [3.05, 3.63) is 0 Å². The molecule has 0 spiro atoms. The molecule has 0 heterocycles. The minimum absolute atomic E-state index is 0.0113. The monoisotopic (exact) mass is 227 g/mol. The first-order valence-electron chi connectivity index (χ1n) is 6.51.